The van der Waals surface area contributed by atoms with Crippen molar-refractivity contribution in [3.63, 3.8) is 0 Å². The quantitative estimate of drug-likeness (QED) is 0.0633. The minimum Gasteiger partial charge on any atom is -0.0654 e. The molecule has 0 aromatic heterocycles. The largest absolute Gasteiger partial charge is 0.0654 e. The Bertz CT molecular complexity index is 641. The van der Waals surface area contributed by atoms with Crippen LogP contribution in [-0.2, 0) is 0 Å². The highest BCUT2D eigenvalue weighted by molar-refractivity contribution is 4.69. The highest BCUT2D eigenvalue weighted by atomic mass is 14.2. The standard InChI is InChI=1S/C12H26.2C10H22.2C9H20.C8H18/c1-5-7-8-9-12(4)10-11(3)6-2;1-6-9(3)8-10(4,5)7-2;1-3-5-7-9-10-8-6-4-2;1-5-6-7-8-9(2,3)4;1-4-5-6-7-8-9(2)3;1-4-6-7-8(3)5-2/h11-12H,5-10H2,1-4H3;9H,6-8H2,1-5H3;3-10H2,1-2H3;5-8H2,1-4H3;9H,4-8H2,1-3H3;8H,4-7H2,1-3H3. The van der Waals surface area contributed by atoms with Crippen LogP contribution in [0.4, 0.5) is 0 Å². The second-order valence-corrected chi connectivity index (χ2v) is 21.6. The lowest BCUT2D eigenvalue weighted by Crippen LogP contribution is -2.13. The van der Waals surface area contributed by atoms with Crippen LogP contribution in [0.2, 0.25) is 0 Å². The highest BCUT2D eigenvalue weighted by Crippen LogP contribution is 2.29. The molecular weight excluding hydrogens is 697 g/mol. The van der Waals surface area contributed by atoms with Crippen LogP contribution in [-0.4, -0.2) is 0 Å². The predicted molar refractivity (Wildman–Crippen MR) is 280 cm³/mol. The lowest BCUT2D eigenvalue weighted by atomic mass is 9.80. The van der Waals surface area contributed by atoms with E-state index in [9.17, 15) is 0 Å². The van der Waals surface area contributed by atoms with Crippen molar-refractivity contribution < 1.29 is 0 Å². The molecule has 0 N–H and O–H groups in total. The van der Waals surface area contributed by atoms with Crippen molar-refractivity contribution in [1.82, 2.24) is 0 Å². The van der Waals surface area contributed by atoms with E-state index in [2.05, 4.69) is 145 Å². The van der Waals surface area contributed by atoms with Gasteiger partial charge < -0.3 is 0 Å². The molecule has 0 rings (SSSR count). The molecule has 58 heavy (non-hydrogen) atoms. The van der Waals surface area contributed by atoms with Crippen LogP contribution in [0.3, 0.4) is 0 Å². The fourth-order valence-electron chi connectivity index (χ4n) is 6.79. The molecule has 0 heteroatoms. The average Bonchev–Trinajstić information content (AvgIpc) is 3.17. The van der Waals surface area contributed by atoms with Gasteiger partial charge in [-0.2, -0.15) is 0 Å². The summed E-state index contributed by atoms with van der Waals surface area (Å²) >= 11 is 0. The molecule has 0 nitrogen and oxygen atoms in total. The summed E-state index contributed by atoms with van der Waals surface area (Å²) in [6, 6.07) is 0. The first kappa shape index (κ1) is 69.7. The van der Waals surface area contributed by atoms with Crippen molar-refractivity contribution in [2.75, 3.05) is 0 Å². The van der Waals surface area contributed by atoms with Crippen LogP contribution in [0.5, 0.6) is 0 Å². The lowest BCUT2D eigenvalue weighted by molar-refractivity contribution is 0.263. The van der Waals surface area contributed by atoms with Crippen LogP contribution < -0.4 is 0 Å². The molecule has 4 unspecified atom stereocenters. The molecule has 0 aromatic rings. The first-order chi connectivity index (χ1) is 27.3. The molecule has 0 spiro atoms. The second kappa shape index (κ2) is 55.0. The van der Waals surface area contributed by atoms with E-state index in [1.165, 1.54) is 193 Å². The molecule has 0 heterocycles. The first-order valence-electron chi connectivity index (χ1n) is 27.3. The number of hydrogen-bond donors (Lipinski definition) is 0. The van der Waals surface area contributed by atoms with Gasteiger partial charge in [0.15, 0.2) is 0 Å². The zero-order chi connectivity index (χ0) is 46.1. The minimum absolute atomic E-state index is 0.551. The Labute approximate surface area is 377 Å². The Morgan fingerprint density at radius 2 is 0.672 bits per heavy atom. The molecule has 0 saturated carbocycles. The van der Waals surface area contributed by atoms with E-state index in [-0.39, 0.29) is 0 Å². The summed E-state index contributed by atoms with van der Waals surface area (Å²) in [6.07, 6.45) is 42.0. The van der Waals surface area contributed by atoms with Crippen molar-refractivity contribution in [2.24, 2.45) is 40.4 Å². The molecule has 360 valence electrons. The normalized spacial score (nSPS) is 13.1. The van der Waals surface area contributed by atoms with Crippen LogP contribution in [0.15, 0.2) is 0 Å². The van der Waals surface area contributed by atoms with Crippen LogP contribution >= 0.6 is 0 Å². The number of hydrogen-bond acceptors (Lipinski definition) is 0. The zero-order valence-corrected chi connectivity index (χ0v) is 46.1. The van der Waals surface area contributed by atoms with E-state index in [1.807, 2.05) is 0 Å². The maximum absolute atomic E-state index is 2.40. The van der Waals surface area contributed by atoms with Crippen molar-refractivity contribution in [1.29, 1.82) is 0 Å². The lowest BCUT2D eigenvalue weighted by Gasteiger charge is -2.25. The average molecular weight is 826 g/mol. The fraction of sp³-hybridized carbons (Fsp3) is 1.00. The maximum Gasteiger partial charge on any atom is -0.0354 e. The van der Waals surface area contributed by atoms with Gasteiger partial charge in [0.2, 0.25) is 0 Å². The minimum atomic E-state index is 0.551. The molecular formula is C58H128. The third kappa shape index (κ3) is 80.1. The van der Waals surface area contributed by atoms with E-state index in [0.717, 1.165) is 29.6 Å². The van der Waals surface area contributed by atoms with Gasteiger partial charge in [-0.15, -0.1) is 0 Å². The fourth-order valence-corrected chi connectivity index (χ4v) is 6.79. The van der Waals surface area contributed by atoms with Gasteiger partial charge in [0.1, 0.15) is 0 Å². The Morgan fingerprint density at radius 3 is 1.03 bits per heavy atom. The molecule has 0 aliphatic carbocycles. The molecule has 0 amide bonds. The smallest absolute Gasteiger partial charge is 0.0354 e. The van der Waals surface area contributed by atoms with Crippen molar-refractivity contribution in [2.45, 2.75) is 338 Å². The van der Waals surface area contributed by atoms with Crippen molar-refractivity contribution in [3.05, 3.63) is 0 Å². The monoisotopic (exact) mass is 825 g/mol. The molecule has 0 fully saturated rings. The van der Waals surface area contributed by atoms with E-state index < -0.39 is 0 Å². The molecule has 0 aliphatic rings. The van der Waals surface area contributed by atoms with E-state index in [0.29, 0.717) is 10.8 Å². The summed E-state index contributed by atoms with van der Waals surface area (Å²) in [6.45, 7) is 48.4. The number of rotatable bonds is 30. The summed E-state index contributed by atoms with van der Waals surface area (Å²) in [5.41, 5.74) is 1.12. The Kier molecular flexibility index (Phi) is 66.1. The number of unbranched alkanes of at least 4 members (excludes halogenated alkanes) is 15. The van der Waals surface area contributed by atoms with Gasteiger partial charge in [-0.05, 0) is 59.7 Å². The predicted octanol–water partition coefficient (Wildman–Crippen LogP) is 23.1. The van der Waals surface area contributed by atoms with E-state index in [4.69, 9.17) is 0 Å². The van der Waals surface area contributed by atoms with E-state index in [1.54, 1.807) is 0 Å². The Morgan fingerprint density at radius 1 is 0.328 bits per heavy atom. The SMILES string of the molecule is CCC(C)CC(C)(C)CC.CCCCC(C)CC.CCCCCC(C)(C)C.CCCCCC(C)CC(C)CC.CCCCCCC(C)C.CCCCCCCCCC. The highest BCUT2D eigenvalue weighted by Gasteiger charge is 2.17. The van der Waals surface area contributed by atoms with Gasteiger partial charge in [-0.25, -0.2) is 0 Å². The van der Waals surface area contributed by atoms with Crippen LogP contribution in [0.1, 0.15) is 338 Å². The van der Waals surface area contributed by atoms with Gasteiger partial charge in [0.25, 0.3) is 0 Å². The van der Waals surface area contributed by atoms with Gasteiger partial charge >= 0.3 is 0 Å². The molecule has 0 aliphatic heterocycles. The summed E-state index contributed by atoms with van der Waals surface area (Å²) in [5, 5.41) is 0. The topological polar surface area (TPSA) is 0 Å². The zero-order valence-electron chi connectivity index (χ0n) is 46.1. The summed E-state index contributed by atoms with van der Waals surface area (Å²) in [5.74, 6) is 4.64. The second-order valence-electron chi connectivity index (χ2n) is 21.6. The van der Waals surface area contributed by atoms with Crippen molar-refractivity contribution >= 4 is 0 Å². The molecule has 0 aromatic carbocycles. The Balaban J connectivity index is -0.000000140. The Hall–Kier alpha value is 0. The van der Waals surface area contributed by atoms with Gasteiger partial charge in [0, 0.05) is 0 Å². The molecule has 0 saturated heterocycles. The van der Waals surface area contributed by atoms with Crippen molar-refractivity contribution in [3.8, 4) is 0 Å². The third-order valence-electron chi connectivity index (χ3n) is 12.2. The van der Waals surface area contributed by atoms with Gasteiger partial charge in [-0.3, -0.25) is 0 Å². The maximum atomic E-state index is 2.40. The van der Waals surface area contributed by atoms with Crippen LogP contribution in [0, 0.1) is 40.4 Å². The van der Waals surface area contributed by atoms with Gasteiger partial charge in [-0.1, -0.05) is 319 Å². The van der Waals surface area contributed by atoms with Gasteiger partial charge in [0.05, 0.1) is 0 Å². The molecule has 0 bridgehead atoms. The first-order valence-corrected chi connectivity index (χ1v) is 27.3. The summed E-state index contributed by atoms with van der Waals surface area (Å²) < 4.78 is 0. The summed E-state index contributed by atoms with van der Waals surface area (Å²) in [4.78, 5) is 0. The third-order valence-corrected chi connectivity index (χ3v) is 12.2. The summed E-state index contributed by atoms with van der Waals surface area (Å²) in [7, 11) is 0. The van der Waals surface area contributed by atoms with Crippen LogP contribution in [0.25, 0.3) is 0 Å². The molecule has 0 radical (unpaired) electrons. The van der Waals surface area contributed by atoms with E-state index >= 15 is 0 Å². The molecule has 4 atom stereocenters.